The van der Waals surface area contributed by atoms with Crippen molar-refractivity contribution in [1.82, 2.24) is 0 Å². The minimum Gasteiger partial charge on any atom is -0.497 e. The van der Waals surface area contributed by atoms with Crippen molar-refractivity contribution in [2.45, 2.75) is 0 Å². The molecule has 22 heavy (non-hydrogen) atoms. The van der Waals surface area contributed by atoms with Gasteiger partial charge in [-0.05, 0) is 54.6 Å². The molecule has 0 saturated carbocycles. The van der Waals surface area contributed by atoms with E-state index in [1.807, 2.05) is 48.5 Å². The summed E-state index contributed by atoms with van der Waals surface area (Å²) in [7, 11) is 1.68. The van der Waals surface area contributed by atoms with Crippen LogP contribution in [0.4, 0.5) is 0 Å². The Balaban J connectivity index is 2.08. The minimum absolute atomic E-state index is 0.857. The van der Waals surface area contributed by atoms with Crippen molar-refractivity contribution in [3.05, 3.63) is 108 Å². The van der Waals surface area contributed by atoms with E-state index >= 15 is 0 Å². The lowest BCUT2D eigenvalue weighted by molar-refractivity contribution is 0.415. The van der Waals surface area contributed by atoms with Gasteiger partial charge in [-0.2, -0.15) is 0 Å². The molecule has 1 heteroatoms. The van der Waals surface area contributed by atoms with Crippen LogP contribution in [0.1, 0.15) is 16.7 Å². The van der Waals surface area contributed by atoms with Crippen molar-refractivity contribution >= 4 is 5.57 Å². The maximum atomic E-state index is 5.24. The number of ether oxygens (including phenoxy) is 1. The maximum absolute atomic E-state index is 5.24. The quantitative estimate of drug-likeness (QED) is 0.485. The molecule has 0 aliphatic rings. The van der Waals surface area contributed by atoms with Gasteiger partial charge in [0.2, 0.25) is 0 Å². The van der Waals surface area contributed by atoms with Crippen molar-refractivity contribution in [2.75, 3.05) is 7.11 Å². The van der Waals surface area contributed by atoms with Gasteiger partial charge in [0.1, 0.15) is 16.9 Å². The lowest BCUT2D eigenvalue weighted by atomic mass is 9.95. The first-order chi connectivity index (χ1) is 10.9. The van der Waals surface area contributed by atoms with Crippen molar-refractivity contribution in [3.63, 3.8) is 0 Å². The Morgan fingerprint density at radius 2 is 1.23 bits per heavy atom. The molecule has 0 heterocycles. The van der Waals surface area contributed by atoms with Crippen LogP contribution in [0.2, 0.25) is 0 Å². The third-order valence-electron chi connectivity index (χ3n) is 3.48. The second kappa shape index (κ2) is 6.71. The second-order valence-electron chi connectivity index (χ2n) is 4.96. The van der Waals surface area contributed by atoms with Crippen LogP contribution in [0.5, 0.6) is 5.75 Å². The molecule has 0 aromatic heterocycles. The van der Waals surface area contributed by atoms with Gasteiger partial charge >= 0.3 is 0 Å². The Hall–Kier alpha value is -2.89. The van der Waals surface area contributed by atoms with Crippen LogP contribution in [-0.4, -0.2) is 7.11 Å². The first-order valence-corrected chi connectivity index (χ1v) is 7.26. The molecule has 106 valence electrons. The van der Waals surface area contributed by atoms with Gasteiger partial charge < -0.3 is 4.74 Å². The van der Waals surface area contributed by atoms with E-state index in [0.29, 0.717) is 0 Å². The molecule has 0 N–H and O–H groups in total. The molecule has 0 atom stereocenters. The number of methoxy groups -OCH3 is 1. The van der Waals surface area contributed by atoms with Crippen LogP contribution < -0.4 is 4.74 Å². The number of hydrogen-bond donors (Lipinski definition) is 0. The third kappa shape index (κ3) is 3.22. The van der Waals surface area contributed by atoms with E-state index in [4.69, 9.17) is 4.74 Å². The van der Waals surface area contributed by atoms with Crippen molar-refractivity contribution < 1.29 is 4.74 Å². The molecule has 3 aromatic rings. The van der Waals surface area contributed by atoms with Gasteiger partial charge in [-0.25, -0.2) is 0 Å². The predicted octanol–water partition coefficient (Wildman–Crippen LogP) is 4.98. The molecule has 0 fully saturated rings. The lowest BCUT2D eigenvalue weighted by Gasteiger charge is -2.03. The summed E-state index contributed by atoms with van der Waals surface area (Å²) >= 11 is 0. The van der Waals surface area contributed by atoms with Gasteiger partial charge in [0.15, 0.2) is 0 Å². The monoisotopic (exact) mass is 285 g/mol. The van der Waals surface area contributed by atoms with Crippen LogP contribution in [0, 0.1) is 6.08 Å². The number of benzene rings is 3. The minimum atomic E-state index is 0.857. The highest BCUT2D eigenvalue weighted by atomic mass is 16.5. The molecular weight excluding hydrogens is 268 g/mol. The zero-order valence-electron chi connectivity index (χ0n) is 12.5. The fourth-order valence-corrected chi connectivity index (χ4v) is 2.34. The summed E-state index contributed by atoms with van der Waals surface area (Å²) in [5.41, 5.74) is 4.42. The molecule has 0 bridgehead atoms. The average molecular weight is 285 g/mol. The topological polar surface area (TPSA) is 9.23 Å². The van der Waals surface area contributed by atoms with Gasteiger partial charge in [-0.15, -0.1) is 0 Å². The van der Waals surface area contributed by atoms with Crippen LogP contribution in [0.15, 0.2) is 84.9 Å². The molecular formula is C21H17O+. The fourth-order valence-electron chi connectivity index (χ4n) is 2.34. The molecule has 3 rings (SSSR count). The zero-order valence-corrected chi connectivity index (χ0v) is 12.5. The molecule has 0 spiro atoms. The maximum Gasteiger partial charge on any atom is 0.137 e. The summed E-state index contributed by atoms with van der Waals surface area (Å²) in [6.07, 6.45) is 3.52. The van der Waals surface area contributed by atoms with E-state index in [2.05, 4.69) is 42.5 Å². The molecule has 0 aliphatic heterocycles. The normalized spacial score (nSPS) is 10.9. The van der Waals surface area contributed by atoms with E-state index in [1.165, 1.54) is 0 Å². The zero-order chi connectivity index (χ0) is 15.2. The van der Waals surface area contributed by atoms with Crippen LogP contribution in [0.25, 0.3) is 5.57 Å². The van der Waals surface area contributed by atoms with Crippen molar-refractivity contribution in [1.29, 1.82) is 0 Å². The highest BCUT2D eigenvalue weighted by Gasteiger charge is 2.13. The van der Waals surface area contributed by atoms with E-state index < -0.39 is 0 Å². The van der Waals surface area contributed by atoms with E-state index in [-0.39, 0.29) is 0 Å². The molecule has 0 saturated heterocycles. The van der Waals surface area contributed by atoms with Gasteiger partial charge in [0.05, 0.1) is 18.2 Å². The summed E-state index contributed by atoms with van der Waals surface area (Å²) < 4.78 is 5.24. The third-order valence-corrected chi connectivity index (χ3v) is 3.48. The predicted molar refractivity (Wildman–Crippen MR) is 90.7 cm³/mol. The largest absolute Gasteiger partial charge is 0.497 e. The average Bonchev–Trinajstić information content (AvgIpc) is 2.61. The second-order valence-corrected chi connectivity index (χ2v) is 4.96. The summed E-state index contributed by atoms with van der Waals surface area (Å²) in [6, 6.07) is 28.6. The summed E-state index contributed by atoms with van der Waals surface area (Å²) in [5, 5.41) is 0. The van der Waals surface area contributed by atoms with E-state index in [0.717, 1.165) is 28.0 Å². The Bertz CT molecular complexity index is 741. The van der Waals surface area contributed by atoms with Gasteiger partial charge in [0, 0.05) is 18.2 Å². The van der Waals surface area contributed by atoms with Crippen LogP contribution >= 0.6 is 0 Å². The van der Waals surface area contributed by atoms with E-state index in [1.54, 1.807) is 7.11 Å². The lowest BCUT2D eigenvalue weighted by Crippen LogP contribution is -1.90. The Morgan fingerprint density at radius 1 is 0.682 bits per heavy atom. The first kappa shape index (κ1) is 14.1. The van der Waals surface area contributed by atoms with Gasteiger partial charge in [-0.3, -0.25) is 0 Å². The van der Waals surface area contributed by atoms with E-state index in [9.17, 15) is 0 Å². The first-order valence-electron chi connectivity index (χ1n) is 7.26. The number of rotatable bonds is 4. The SMILES string of the molecule is COc1ccc(C(=[C+]c2ccccc2)c2ccccc2)cc1. The molecule has 0 radical (unpaired) electrons. The highest BCUT2D eigenvalue weighted by Crippen LogP contribution is 2.26. The fraction of sp³-hybridized carbons (Fsp3) is 0.0476. The Kier molecular flexibility index (Phi) is 4.29. The highest BCUT2D eigenvalue weighted by molar-refractivity contribution is 5.80. The molecule has 0 aliphatic carbocycles. The van der Waals surface area contributed by atoms with Crippen LogP contribution in [-0.2, 0) is 0 Å². The van der Waals surface area contributed by atoms with Gasteiger partial charge in [0.25, 0.3) is 0 Å². The standard InChI is InChI=1S/C21H17O/c1-22-20-14-12-19(13-15-20)21(18-10-6-3-7-11-18)16-17-8-4-2-5-9-17/h2-15H,1H3/q+1. The molecule has 0 amide bonds. The number of hydrogen-bond acceptors (Lipinski definition) is 1. The Morgan fingerprint density at radius 3 is 1.82 bits per heavy atom. The van der Waals surface area contributed by atoms with Crippen molar-refractivity contribution in [3.8, 4) is 5.75 Å². The van der Waals surface area contributed by atoms with Crippen LogP contribution in [0.3, 0.4) is 0 Å². The van der Waals surface area contributed by atoms with Gasteiger partial charge in [-0.1, -0.05) is 18.2 Å². The molecule has 0 unspecified atom stereocenters. The summed E-state index contributed by atoms with van der Waals surface area (Å²) in [5.74, 6) is 0.857. The van der Waals surface area contributed by atoms with Crippen molar-refractivity contribution in [2.24, 2.45) is 0 Å². The summed E-state index contributed by atoms with van der Waals surface area (Å²) in [6.45, 7) is 0. The Labute approximate surface area is 131 Å². The summed E-state index contributed by atoms with van der Waals surface area (Å²) in [4.78, 5) is 0. The molecule has 1 nitrogen and oxygen atoms in total. The smallest absolute Gasteiger partial charge is 0.137 e. The molecule has 3 aromatic carbocycles.